The van der Waals surface area contributed by atoms with Crippen molar-refractivity contribution in [2.75, 3.05) is 13.7 Å². The van der Waals surface area contributed by atoms with E-state index in [1.807, 2.05) is 88.0 Å². The summed E-state index contributed by atoms with van der Waals surface area (Å²) in [6.45, 7) is 1.00. The van der Waals surface area contributed by atoms with Crippen molar-refractivity contribution in [3.63, 3.8) is 0 Å². The molecule has 0 bridgehead atoms. The first-order chi connectivity index (χ1) is 14.7. The molecule has 3 aromatic carbocycles. The number of nitrogens with zero attached hydrogens (tertiary/aromatic N) is 2. The number of hydrogen-bond donors (Lipinski definition) is 2. The van der Waals surface area contributed by atoms with Crippen LogP contribution >= 0.6 is 0 Å². The van der Waals surface area contributed by atoms with Gasteiger partial charge in [0.2, 0.25) is 5.62 Å². The molecule has 154 valence electrons. The van der Waals surface area contributed by atoms with Gasteiger partial charge in [-0.15, -0.1) is 0 Å². The van der Waals surface area contributed by atoms with E-state index in [-0.39, 0.29) is 13.2 Å². The molecule has 1 unspecified atom stereocenters. The first kappa shape index (κ1) is 19.8. The van der Waals surface area contributed by atoms with Gasteiger partial charge in [0.05, 0.1) is 31.2 Å². The van der Waals surface area contributed by atoms with E-state index in [4.69, 9.17) is 14.9 Å². The summed E-state index contributed by atoms with van der Waals surface area (Å²) in [5.74, 6) is 1.52. The van der Waals surface area contributed by atoms with E-state index in [2.05, 4.69) is 0 Å². The molecule has 0 aliphatic heterocycles. The Bertz CT molecular complexity index is 1160. The smallest absolute Gasteiger partial charge is 0.203 e. The molecule has 1 aromatic heterocycles. The van der Waals surface area contributed by atoms with E-state index in [1.54, 1.807) is 7.11 Å². The van der Waals surface area contributed by atoms with Crippen molar-refractivity contribution in [3.05, 3.63) is 90.0 Å². The highest BCUT2D eigenvalue weighted by Gasteiger charge is 2.15. The summed E-state index contributed by atoms with van der Waals surface area (Å²) >= 11 is 0. The molecule has 0 aliphatic rings. The lowest BCUT2D eigenvalue weighted by Gasteiger charge is -2.13. The normalized spacial score (nSPS) is 12.1. The van der Waals surface area contributed by atoms with Crippen molar-refractivity contribution in [2.45, 2.75) is 19.2 Å². The van der Waals surface area contributed by atoms with Crippen molar-refractivity contribution in [3.8, 4) is 11.5 Å². The first-order valence-corrected chi connectivity index (χ1v) is 9.87. The van der Waals surface area contributed by atoms with E-state index in [9.17, 15) is 5.11 Å². The monoisotopic (exact) mass is 403 g/mol. The number of aromatic nitrogens is 2. The van der Waals surface area contributed by atoms with Gasteiger partial charge in [-0.1, -0.05) is 42.5 Å². The fourth-order valence-corrected chi connectivity index (χ4v) is 3.53. The van der Waals surface area contributed by atoms with Crippen molar-refractivity contribution < 1.29 is 14.6 Å². The lowest BCUT2D eigenvalue weighted by Crippen LogP contribution is -2.31. The zero-order chi connectivity index (χ0) is 20.9. The predicted octanol–water partition coefficient (Wildman–Crippen LogP) is 3.42. The number of benzene rings is 3. The lowest BCUT2D eigenvalue weighted by atomic mass is 10.2. The van der Waals surface area contributed by atoms with Gasteiger partial charge in [0, 0.05) is 0 Å². The Balaban J connectivity index is 1.57. The highest BCUT2D eigenvalue weighted by Crippen LogP contribution is 2.17. The van der Waals surface area contributed by atoms with Crippen LogP contribution in [-0.4, -0.2) is 34.1 Å². The molecular weight excluding hydrogens is 378 g/mol. The molecule has 2 N–H and O–H groups in total. The quantitative estimate of drug-likeness (QED) is 0.474. The van der Waals surface area contributed by atoms with Gasteiger partial charge in [-0.3, -0.25) is 5.41 Å². The Hall–Kier alpha value is -3.51. The summed E-state index contributed by atoms with van der Waals surface area (Å²) < 4.78 is 14.7. The number of hydrogen-bond acceptors (Lipinski definition) is 4. The molecule has 1 atom stereocenters. The van der Waals surface area contributed by atoms with Gasteiger partial charge >= 0.3 is 0 Å². The topological polar surface area (TPSA) is 72.4 Å². The lowest BCUT2D eigenvalue weighted by molar-refractivity contribution is 0.0921. The largest absolute Gasteiger partial charge is 0.497 e. The summed E-state index contributed by atoms with van der Waals surface area (Å²) in [4.78, 5) is 0. The molecule has 4 aromatic rings. The van der Waals surface area contributed by atoms with Crippen LogP contribution in [0.4, 0.5) is 0 Å². The van der Waals surface area contributed by atoms with Crippen LogP contribution in [0, 0.1) is 5.41 Å². The van der Waals surface area contributed by atoms with Gasteiger partial charge in [-0.25, -0.2) is 0 Å². The zero-order valence-electron chi connectivity index (χ0n) is 16.9. The van der Waals surface area contributed by atoms with Crippen LogP contribution in [0.2, 0.25) is 0 Å². The highest BCUT2D eigenvalue weighted by atomic mass is 16.5. The minimum Gasteiger partial charge on any atom is -0.497 e. The van der Waals surface area contributed by atoms with Gasteiger partial charge < -0.3 is 23.7 Å². The second-order valence-corrected chi connectivity index (χ2v) is 7.14. The van der Waals surface area contributed by atoms with E-state index in [1.165, 1.54) is 0 Å². The van der Waals surface area contributed by atoms with Crippen molar-refractivity contribution in [2.24, 2.45) is 0 Å². The molecule has 0 aliphatic carbocycles. The predicted molar refractivity (Wildman–Crippen MR) is 116 cm³/mol. The van der Waals surface area contributed by atoms with E-state index in [0.717, 1.165) is 28.1 Å². The Morgan fingerprint density at radius 3 is 2.13 bits per heavy atom. The van der Waals surface area contributed by atoms with Gasteiger partial charge in [0.15, 0.2) is 0 Å². The van der Waals surface area contributed by atoms with Gasteiger partial charge in [-0.2, -0.15) is 0 Å². The SMILES string of the molecule is COc1ccc(Cn2c(=N)n(CC(O)COc3ccccc3)c3ccccc32)cc1. The highest BCUT2D eigenvalue weighted by molar-refractivity contribution is 5.76. The van der Waals surface area contributed by atoms with E-state index in [0.29, 0.717) is 12.2 Å². The third-order valence-electron chi connectivity index (χ3n) is 5.05. The number of nitrogens with one attached hydrogen (secondary N) is 1. The maximum Gasteiger partial charge on any atom is 0.203 e. The second kappa shape index (κ2) is 8.88. The fraction of sp³-hybridized carbons (Fsp3) is 0.208. The Morgan fingerprint density at radius 1 is 0.833 bits per heavy atom. The summed E-state index contributed by atoms with van der Waals surface area (Å²) in [7, 11) is 1.64. The molecule has 0 spiro atoms. The third kappa shape index (κ3) is 4.23. The minimum absolute atomic E-state index is 0.161. The van der Waals surface area contributed by atoms with Gasteiger partial charge in [0.25, 0.3) is 0 Å². The first-order valence-electron chi connectivity index (χ1n) is 9.87. The number of aliphatic hydroxyl groups excluding tert-OH is 1. The van der Waals surface area contributed by atoms with Crippen molar-refractivity contribution in [1.82, 2.24) is 9.13 Å². The summed E-state index contributed by atoms with van der Waals surface area (Å²) in [5, 5.41) is 19.3. The number of imidazole rings is 1. The average Bonchev–Trinajstić information content (AvgIpc) is 3.05. The molecule has 0 saturated carbocycles. The number of fused-ring (bicyclic) bond motifs is 1. The maximum atomic E-state index is 10.6. The molecule has 30 heavy (non-hydrogen) atoms. The van der Waals surface area contributed by atoms with Crippen LogP contribution in [0.1, 0.15) is 5.56 Å². The molecule has 0 amide bonds. The van der Waals surface area contributed by atoms with Crippen molar-refractivity contribution >= 4 is 11.0 Å². The molecule has 6 nitrogen and oxygen atoms in total. The summed E-state index contributed by atoms with van der Waals surface area (Å²) in [5.41, 5.74) is 3.28. The summed E-state index contributed by atoms with van der Waals surface area (Å²) in [6.07, 6.45) is -0.737. The number of para-hydroxylation sites is 3. The van der Waals surface area contributed by atoms with Gasteiger partial charge in [0.1, 0.15) is 24.2 Å². The number of rotatable bonds is 8. The molecule has 6 heteroatoms. The Labute approximate surface area is 175 Å². The second-order valence-electron chi connectivity index (χ2n) is 7.14. The van der Waals surface area contributed by atoms with Crippen LogP contribution in [0.25, 0.3) is 11.0 Å². The number of methoxy groups -OCH3 is 1. The molecule has 0 radical (unpaired) electrons. The molecule has 0 saturated heterocycles. The molecular formula is C24H25N3O3. The van der Waals surface area contributed by atoms with Crippen LogP contribution in [0.15, 0.2) is 78.9 Å². The summed E-state index contributed by atoms with van der Waals surface area (Å²) in [6, 6.07) is 25.1. The number of aliphatic hydroxyl groups is 1. The van der Waals surface area contributed by atoms with Crippen LogP contribution in [0.5, 0.6) is 11.5 Å². The fourth-order valence-electron chi connectivity index (χ4n) is 3.53. The Morgan fingerprint density at radius 2 is 1.47 bits per heavy atom. The minimum atomic E-state index is -0.737. The van der Waals surface area contributed by atoms with Crippen LogP contribution in [0.3, 0.4) is 0 Å². The zero-order valence-corrected chi connectivity index (χ0v) is 16.9. The molecule has 4 rings (SSSR count). The van der Waals surface area contributed by atoms with E-state index >= 15 is 0 Å². The maximum absolute atomic E-state index is 10.6. The molecule has 1 heterocycles. The Kier molecular flexibility index (Phi) is 5.86. The van der Waals surface area contributed by atoms with Gasteiger partial charge in [-0.05, 0) is 42.0 Å². The van der Waals surface area contributed by atoms with Crippen molar-refractivity contribution in [1.29, 1.82) is 5.41 Å². The molecule has 0 fully saturated rings. The average molecular weight is 403 g/mol. The standard InChI is InChI=1S/C24H25N3O3/c1-29-20-13-11-18(12-14-20)15-26-22-9-5-6-10-23(22)27(24(26)25)16-19(28)17-30-21-7-3-2-4-8-21/h2-14,19,25,28H,15-17H2,1H3. The van der Waals surface area contributed by atoms with Crippen LogP contribution < -0.4 is 15.1 Å². The number of ether oxygens (including phenoxy) is 2. The third-order valence-corrected chi connectivity index (χ3v) is 5.05. The van der Waals surface area contributed by atoms with Crippen LogP contribution in [-0.2, 0) is 13.1 Å². The van der Waals surface area contributed by atoms with E-state index < -0.39 is 6.10 Å².